The lowest BCUT2D eigenvalue weighted by molar-refractivity contribution is 0.149. The highest BCUT2D eigenvalue weighted by Gasteiger charge is 2.18. The fraction of sp³-hybridized carbons (Fsp3) is 0.421. The van der Waals surface area contributed by atoms with Crippen LogP contribution < -0.4 is 5.73 Å². The topological polar surface area (TPSA) is 76.1 Å². The Labute approximate surface area is 173 Å². The summed E-state index contributed by atoms with van der Waals surface area (Å²) in [6.45, 7) is 8.15. The van der Waals surface area contributed by atoms with Gasteiger partial charge < -0.3 is 15.2 Å². The van der Waals surface area contributed by atoms with E-state index in [2.05, 4.69) is 37.4 Å². The lowest BCUT2D eigenvalue weighted by Crippen LogP contribution is -2.45. The predicted octanol–water partition coefficient (Wildman–Crippen LogP) is 2.77. The van der Waals surface area contributed by atoms with Crippen molar-refractivity contribution in [1.82, 2.24) is 29.3 Å². The van der Waals surface area contributed by atoms with Crippen LogP contribution in [0.4, 0.5) is 5.82 Å². The Balaban J connectivity index is 1.63. The Morgan fingerprint density at radius 1 is 1.11 bits per heavy atom. The van der Waals surface area contributed by atoms with Gasteiger partial charge in [0.25, 0.3) is 0 Å². The number of anilines is 1. The van der Waals surface area contributed by atoms with Gasteiger partial charge in [-0.05, 0) is 37.7 Å². The first-order valence-electron chi connectivity index (χ1n) is 9.32. The molecule has 1 aliphatic rings. The van der Waals surface area contributed by atoms with Crippen LogP contribution in [-0.4, -0.2) is 69.1 Å². The number of benzene rings is 1. The van der Waals surface area contributed by atoms with Gasteiger partial charge in [-0.1, -0.05) is 23.4 Å². The highest BCUT2D eigenvalue weighted by Crippen LogP contribution is 2.32. The van der Waals surface area contributed by atoms with E-state index in [0.717, 1.165) is 65.6 Å². The van der Waals surface area contributed by atoms with Gasteiger partial charge in [0.2, 0.25) is 0 Å². The van der Waals surface area contributed by atoms with Crippen molar-refractivity contribution in [3.8, 4) is 0 Å². The van der Waals surface area contributed by atoms with Crippen LogP contribution in [0.25, 0.3) is 11.2 Å². The average molecular weight is 418 g/mol. The monoisotopic (exact) mass is 417 g/mol. The molecule has 0 bridgehead atoms. The van der Waals surface area contributed by atoms with Crippen molar-refractivity contribution in [3.63, 3.8) is 0 Å². The van der Waals surface area contributed by atoms with Gasteiger partial charge in [0, 0.05) is 49.2 Å². The number of fused-ring (bicyclic) bond motifs is 1. The number of halogens is 1. The molecule has 1 aliphatic heterocycles. The largest absolute Gasteiger partial charge is 0.382 e. The van der Waals surface area contributed by atoms with E-state index < -0.39 is 0 Å². The fourth-order valence-corrected chi connectivity index (χ4v) is 4.81. The number of piperazine rings is 1. The van der Waals surface area contributed by atoms with E-state index in [-0.39, 0.29) is 0 Å². The molecule has 0 aliphatic carbocycles. The molecule has 0 atom stereocenters. The lowest BCUT2D eigenvalue weighted by Gasteiger charge is -2.32. The smallest absolute Gasteiger partial charge is 0.175 e. The third-order valence-corrected chi connectivity index (χ3v) is 6.17. The van der Waals surface area contributed by atoms with E-state index in [4.69, 9.17) is 22.3 Å². The van der Waals surface area contributed by atoms with Crippen molar-refractivity contribution < 1.29 is 0 Å². The van der Waals surface area contributed by atoms with E-state index in [9.17, 15) is 0 Å². The van der Waals surface area contributed by atoms with Gasteiger partial charge in [-0.15, -0.1) is 0 Å². The number of hydrogen-bond acceptors (Lipinski definition) is 7. The Hall–Kier alpha value is -1.87. The van der Waals surface area contributed by atoms with Crippen molar-refractivity contribution in [1.29, 1.82) is 0 Å². The summed E-state index contributed by atoms with van der Waals surface area (Å²) in [5.41, 5.74) is 8.62. The third-order valence-electron chi connectivity index (χ3n) is 4.99. The highest BCUT2D eigenvalue weighted by molar-refractivity contribution is 7.99. The molecular formula is C19H24ClN7S. The van der Waals surface area contributed by atoms with E-state index in [0.29, 0.717) is 11.3 Å². The minimum Gasteiger partial charge on any atom is -0.382 e. The van der Waals surface area contributed by atoms with Crippen LogP contribution in [0.15, 0.2) is 34.6 Å². The quantitative estimate of drug-likeness (QED) is 0.683. The van der Waals surface area contributed by atoms with Gasteiger partial charge in [-0.2, -0.15) is 0 Å². The number of nitrogens with zero attached hydrogens (tertiary/aromatic N) is 6. The van der Waals surface area contributed by atoms with Crippen molar-refractivity contribution in [2.75, 3.05) is 45.5 Å². The number of rotatable bonds is 5. The van der Waals surface area contributed by atoms with E-state index >= 15 is 0 Å². The van der Waals surface area contributed by atoms with Gasteiger partial charge in [0.05, 0.1) is 0 Å². The molecule has 1 fully saturated rings. The lowest BCUT2D eigenvalue weighted by atomic mass is 10.2. The summed E-state index contributed by atoms with van der Waals surface area (Å²) in [5.74, 6) is 0.410. The average Bonchev–Trinajstić information content (AvgIpc) is 2.99. The minimum atomic E-state index is 0.410. The summed E-state index contributed by atoms with van der Waals surface area (Å²) in [5, 5.41) is 1.58. The molecular weight excluding hydrogens is 394 g/mol. The summed E-state index contributed by atoms with van der Waals surface area (Å²) < 4.78 is 2.15. The standard InChI is InChI=1S/C19H24ClN7S/c1-13-9-14(20)11-15(10-13)28-19-24-16-17(21)22-12-23-18(16)27(19)8-7-26-5-3-25(2)4-6-26/h9-12H,3-8H2,1-2H3,(H2,21,22,23). The molecule has 0 amide bonds. The van der Waals surface area contributed by atoms with Gasteiger partial charge >= 0.3 is 0 Å². The van der Waals surface area contributed by atoms with Crippen molar-refractivity contribution >= 4 is 40.3 Å². The maximum Gasteiger partial charge on any atom is 0.175 e. The summed E-state index contributed by atoms with van der Waals surface area (Å²) in [4.78, 5) is 19.2. The first-order valence-corrected chi connectivity index (χ1v) is 10.5. The Morgan fingerprint density at radius 2 is 1.89 bits per heavy atom. The van der Waals surface area contributed by atoms with Crippen LogP contribution in [0.2, 0.25) is 5.02 Å². The number of imidazole rings is 1. The van der Waals surface area contributed by atoms with Crippen LogP contribution in [0, 0.1) is 6.92 Å². The SMILES string of the molecule is Cc1cc(Cl)cc(Sc2nc3c(N)ncnc3n2CCN2CCN(C)CC2)c1. The molecule has 3 aromatic rings. The Morgan fingerprint density at radius 3 is 2.64 bits per heavy atom. The zero-order valence-corrected chi connectivity index (χ0v) is 17.7. The summed E-state index contributed by atoms with van der Waals surface area (Å²) in [6.07, 6.45) is 1.50. The van der Waals surface area contributed by atoms with Crippen LogP contribution in [-0.2, 0) is 6.54 Å². The van der Waals surface area contributed by atoms with E-state index in [1.54, 1.807) is 11.8 Å². The Bertz CT molecular complexity index is 962. The third kappa shape index (κ3) is 4.25. The molecule has 0 saturated carbocycles. The van der Waals surface area contributed by atoms with E-state index in [1.165, 1.54) is 6.33 Å². The first-order chi connectivity index (χ1) is 13.5. The van der Waals surface area contributed by atoms with Crippen LogP contribution in [0.3, 0.4) is 0 Å². The van der Waals surface area contributed by atoms with Crippen LogP contribution in [0.5, 0.6) is 0 Å². The molecule has 1 saturated heterocycles. The van der Waals surface area contributed by atoms with Gasteiger partial charge in [0.1, 0.15) is 6.33 Å². The zero-order valence-electron chi connectivity index (χ0n) is 16.1. The molecule has 4 rings (SSSR count). The van der Waals surface area contributed by atoms with Crippen molar-refractivity contribution in [2.24, 2.45) is 0 Å². The number of nitrogens with two attached hydrogens (primary N) is 1. The van der Waals surface area contributed by atoms with Crippen molar-refractivity contribution in [3.05, 3.63) is 35.1 Å². The van der Waals surface area contributed by atoms with Crippen molar-refractivity contribution in [2.45, 2.75) is 23.5 Å². The summed E-state index contributed by atoms with van der Waals surface area (Å²) in [7, 11) is 2.17. The molecule has 28 heavy (non-hydrogen) atoms. The summed E-state index contributed by atoms with van der Waals surface area (Å²) >= 11 is 7.82. The second-order valence-corrected chi connectivity index (χ2v) is 8.67. The van der Waals surface area contributed by atoms with Gasteiger partial charge in [0.15, 0.2) is 22.1 Å². The summed E-state index contributed by atoms with van der Waals surface area (Å²) in [6, 6.07) is 6.01. The normalized spacial score (nSPS) is 16.1. The number of likely N-dealkylation sites (N-methyl/N-ethyl adjacent to an activating group) is 1. The molecule has 2 aromatic heterocycles. The fourth-order valence-electron chi connectivity index (χ4n) is 3.39. The molecule has 0 radical (unpaired) electrons. The molecule has 7 nitrogen and oxygen atoms in total. The first kappa shape index (κ1) is 19.4. The van der Waals surface area contributed by atoms with Gasteiger partial charge in [-0.3, -0.25) is 4.90 Å². The van der Waals surface area contributed by atoms with Crippen LogP contribution >= 0.6 is 23.4 Å². The number of aryl methyl sites for hydroxylation is 1. The van der Waals surface area contributed by atoms with Gasteiger partial charge in [-0.25, -0.2) is 15.0 Å². The molecule has 0 spiro atoms. The molecule has 148 valence electrons. The number of aromatic nitrogens is 4. The number of nitrogen functional groups attached to an aromatic ring is 1. The number of hydrogen-bond donors (Lipinski definition) is 1. The molecule has 1 aromatic carbocycles. The molecule has 9 heteroatoms. The second kappa shape index (κ2) is 8.24. The maximum absolute atomic E-state index is 6.24. The van der Waals surface area contributed by atoms with E-state index in [1.807, 2.05) is 19.1 Å². The molecule has 3 heterocycles. The highest BCUT2D eigenvalue weighted by atomic mass is 35.5. The maximum atomic E-state index is 6.24. The molecule has 0 unspecified atom stereocenters. The predicted molar refractivity (Wildman–Crippen MR) is 114 cm³/mol. The second-order valence-electron chi connectivity index (χ2n) is 7.19. The zero-order chi connectivity index (χ0) is 19.7. The Kier molecular flexibility index (Phi) is 5.73. The van der Waals surface area contributed by atoms with Crippen LogP contribution in [0.1, 0.15) is 5.56 Å². The molecule has 2 N–H and O–H groups in total. The minimum absolute atomic E-state index is 0.410.